The highest BCUT2D eigenvalue weighted by Crippen LogP contribution is 2.30. The molecule has 0 saturated carbocycles. The number of aryl methyl sites for hydroxylation is 2. The number of nitrogens with zero attached hydrogens (tertiary/aromatic N) is 7. The maximum absolute atomic E-state index is 13.6. The number of hydrogen-bond acceptors (Lipinski definition) is 14. The highest BCUT2D eigenvalue weighted by Gasteiger charge is 2.35. The summed E-state index contributed by atoms with van der Waals surface area (Å²) in [6, 6.07) is 12.1. The van der Waals surface area contributed by atoms with Crippen molar-refractivity contribution in [1.82, 2.24) is 46.1 Å². The summed E-state index contributed by atoms with van der Waals surface area (Å²) in [5.74, 6) is 0.308. The number of urea groups is 1. The predicted octanol–water partition coefficient (Wildman–Crippen LogP) is 5.18. The number of hydrogen-bond donors (Lipinski definition) is 4. The number of benzene rings is 2. The van der Waals surface area contributed by atoms with Gasteiger partial charge >= 0.3 is 6.03 Å². The number of oxime groups is 2. The highest BCUT2D eigenvalue weighted by atomic mass is 35.5. The van der Waals surface area contributed by atoms with E-state index in [-0.39, 0.29) is 84.4 Å². The Hall–Kier alpha value is -6.54. The molecule has 2 fully saturated rings. The highest BCUT2D eigenvalue weighted by molar-refractivity contribution is 6.02. The Balaban J connectivity index is 0.000000219. The molecule has 8 rings (SSSR count). The van der Waals surface area contributed by atoms with E-state index in [1.54, 1.807) is 56.1 Å². The van der Waals surface area contributed by atoms with Crippen molar-refractivity contribution in [3.05, 3.63) is 106 Å². The van der Waals surface area contributed by atoms with Gasteiger partial charge in [-0.2, -0.15) is 0 Å². The topological polar surface area (TPSA) is 216 Å². The molecule has 0 bridgehead atoms. The standard InChI is InChI=1S/C24H29FN6O4.C22H26FN5O3.ClH/c1-14-28-18(19-12-21(35-30-19)16-6-8-31(9-7-16)24(33)26-2)11-20(29-14)23(32)27-13-15-4-5-17(25)22(10-15)34-3;1-13-26-17(18-11-20(31-28-18)15-5-7-24-8-6-15)10-19(27-13)22(29)25-12-14-3-4-16(23)21(9-14)30-2;/h4-5,10-11,16,21H,6-9,12-13H2,1-3H3,(H,26,33)(H,27,32);3-4,9-10,15,20,24H,5-8,11-12H2,1-2H3,(H,25,29);1H. The van der Waals surface area contributed by atoms with Crippen molar-refractivity contribution in [3.8, 4) is 11.5 Å². The van der Waals surface area contributed by atoms with E-state index in [0.717, 1.165) is 50.0 Å². The van der Waals surface area contributed by atoms with Crippen LogP contribution in [0, 0.1) is 37.3 Å². The van der Waals surface area contributed by atoms with Crippen LogP contribution < -0.4 is 30.7 Å². The first-order valence-electron chi connectivity index (χ1n) is 22.0. The van der Waals surface area contributed by atoms with Gasteiger partial charge in [0.25, 0.3) is 11.8 Å². The summed E-state index contributed by atoms with van der Waals surface area (Å²) in [6.07, 6.45) is 5.04. The van der Waals surface area contributed by atoms with E-state index in [1.165, 1.54) is 32.4 Å². The molecule has 2 aromatic heterocycles. The Morgan fingerprint density at radius 3 is 1.58 bits per heavy atom. The average molecular weight is 948 g/mol. The third-order valence-electron chi connectivity index (χ3n) is 11.9. The van der Waals surface area contributed by atoms with Crippen LogP contribution in [0.2, 0.25) is 0 Å². The molecule has 67 heavy (non-hydrogen) atoms. The minimum absolute atomic E-state index is 0. The number of nitrogens with one attached hydrogen (secondary N) is 4. The van der Waals surface area contributed by atoms with Crippen LogP contribution in [-0.4, -0.2) is 114 Å². The molecule has 4 N–H and O–H groups in total. The first-order valence-corrected chi connectivity index (χ1v) is 22.0. The molecule has 4 aliphatic heterocycles. The van der Waals surface area contributed by atoms with E-state index < -0.39 is 11.6 Å². The third-order valence-corrected chi connectivity index (χ3v) is 11.9. The molecule has 18 nitrogen and oxygen atoms in total. The Bertz CT molecular complexity index is 2470. The van der Waals surface area contributed by atoms with Crippen LogP contribution in [0.3, 0.4) is 0 Å². The lowest BCUT2D eigenvalue weighted by atomic mass is 9.88. The molecule has 0 radical (unpaired) electrons. The molecule has 4 aromatic rings. The van der Waals surface area contributed by atoms with Gasteiger partial charge in [0.1, 0.15) is 46.7 Å². The number of piperidine rings is 2. The molecule has 2 aromatic carbocycles. The number of rotatable bonds is 12. The lowest BCUT2D eigenvalue weighted by molar-refractivity contribution is 0.0185. The van der Waals surface area contributed by atoms with Crippen LogP contribution in [0.15, 0.2) is 58.8 Å². The largest absolute Gasteiger partial charge is 0.494 e. The van der Waals surface area contributed by atoms with Crippen LogP contribution in [-0.2, 0) is 22.8 Å². The molecule has 2 saturated heterocycles. The van der Waals surface area contributed by atoms with Gasteiger partial charge in [-0.1, -0.05) is 22.4 Å². The minimum atomic E-state index is -0.464. The fourth-order valence-corrected chi connectivity index (χ4v) is 8.29. The fraction of sp³-hybridized carbons (Fsp3) is 0.457. The lowest BCUT2D eigenvalue weighted by Crippen LogP contribution is -2.45. The van der Waals surface area contributed by atoms with Gasteiger partial charge in [-0.15, -0.1) is 12.4 Å². The minimum Gasteiger partial charge on any atom is -0.494 e. The van der Waals surface area contributed by atoms with Crippen molar-refractivity contribution in [3.63, 3.8) is 0 Å². The van der Waals surface area contributed by atoms with Gasteiger partial charge in [-0.05, 0) is 100 Å². The number of carbonyl (C=O) groups is 3. The molecule has 6 heterocycles. The first kappa shape index (κ1) is 49.9. The summed E-state index contributed by atoms with van der Waals surface area (Å²) in [6.45, 7) is 7.21. The van der Waals surface area contributed by atoms with Crippen molar-refractivity contribution >= 4 is 41.7 Å². The van der Waals surface area contributed by atoms with Gasteiger partial charge in [0.05, 0.1) is 25.6 Å². The molecular weight excluding hydrogens is 892 g/mol. The molecule has 358 valence electrons. The quantitative estimate of drug-likeness (QED) is 0.145. The van der Waals surface area contributed by atoms with E-state index in [1.807, 2.05) is 0 Å². The Morgan fingerprint density at radius 1 is 0.701 bits per heavy atom. The van der Waals surface area contributed by atoms with Gasteiger partial charge in [-0.3, -0.25) is 9.59 Å². The second-order valence-corrected chi connectivity index (χ2v) is 16.4. The Morgan fingerprint density at radius 2 is 1.15 bits per heavy atom. The Labute approximate surface area is 393 Å². The van der Waals surface area contributed by atoms with E-state index in [2.05, 4.69) is 51.5 Å². The summed E-state index contributed by atoms with van der Waals surface area (Å²) in [5.41, 5.74) is 4.46. The summed E-state index contributed by atoms with van der Waals surface area (Å²) in [4.78, 5) is 67.9. The van der Waals surface area contributed by atoms with Gasteiger partial charge < -0.3 is 45.3 Å². The number of halogens is 3. The number of carbonyl (C=O) groups excluding carboxylic acids is 3. The van der Waals surface area contributed by atoms with Crippen LogP contribution in [0.4, 0.5) is 13.6 Å². The molecule has 2 unspecified atom stereocenters. The van der Waals surface area contributed by atoms with Crippen molar-refractivity contribution in [2.24, 2.45) is 22.1 Å². The summed E-state index contributed by atoms with van der Waals surface area (Å²) < 4.78 is 37.1. The molecule has 4 aliphatic rings. The van der Waals surface area contributed by atoms with Crippen molar-refractivity contribution in [2.45, 2.75) is 77.7 Å². The zero-order valence-electron chi connectivity index (χ0n) is 38.1. The van der Waals surface area contributed by atoms with Gasteiger partial charge in [0, 0.05) is 57.9 Å². The maximum Gasteiger partial charge on any atom is 0.317 e. The number of ether oxygens (including phenoxy) is 2. The van der Waals surface area contributed by atoms with Gasteiger partial charge in [-0.25, -0.2) is 33.5 Å². The SMILES string of the molecule is CNC(=O)N1CCC(C2CC(c3cc(C(=O)NCc4ccc(F)c(OC)c4)nc(C)n3)=NO2)CC1.COc1cc(CNC(=O)c2cc(C3=NOC(C4CCNCC4)C3)nc(C)n2)ccc1F.Cl. The second kappa shape index (κ2) is 23.3. The second-order valence-electron chi connectivity index (χ2n) is 16.4. The number of amides is 4. The van der Waals surface area contributed by atoms with E-state index in [4.69, 9.17) is 19.1 Å². The number of methoxy groups -OCH3 is 2. The van der Waals surface area contributed by atoms with Crippen LogP contribution in [0.1, 0.15) is 93.7 Å². The average Bonchev–Trinajstić information content (AvgIpc) is 4.05. The summed E-state index contributed by atoms with van der Waals surface area (Å²) in [7, 11) is 4.42. The van der Waals surface area contributed by atoms with Crippen LogP contribution >= 0.6 is 12.4 Å². The number of aromatic nitrogens is 4. The molecular formula is C46H56ClF2N11O7. The number of likely N-dealkylation sites (tertiary alicyclic amines) is 1. The summed E-state index contributed by atoms with van der Waals surface area (Å²) in [5, 5.41) is 20.1. The summed E-state index contributed by atoms with van der Waals surface area (Å²) >= 11 is 0. The van der Waals surface area contributed by atoms with E-state index in [9.17, 15) is 23.2 Å². The predicted molar refractivity (Wildman–Crippen MR) is 245 cm³/mol. The monoisotopic (exact) mass is 947 g/mol. The third kappa shape index (κ3) is 12.9. The van der Waals surface area contributed by atoms with Crippen LogP contribution in [0.5, 0.6) is 11.5 Å². The van der Waals surface area contributed by atoms with Crippen molar-refractivity contribution in [1.29, 1.82) is 0 Å². The normalized spacial score (nSPS) is 18.2. The van der Waals surface area contributed by atoms with Crippen LogP contribution in [0.25, 0.3) is 0 Å². The smallest absolute Gasteiger partial charge is 0.317 e. The molecule has 21 heteroatoms. The fourth-order valence-electron chi connectivity index (χ4n) is 8.29. The van der Waals surface area contributed by atoms with Gasteiger partial charge in [0.2, 0.25) is 0 Å². The molecule has 2 atom stereocenters. The molecule has 0 aliphatic carbocycles. The lowest BCUT2D eigenvalue weighted by Gasteiger charge is -2.33. The molecule has 4 amide bonds. The van der Waals surface area contributed by atoms with Gasteiger partial charge in [0.15, 0.2) is 23.1 Å². The van der Waals surface area contributed by atoms with E-state index >= 15 is 0 Å². The molecule has 0 spiro atoms. The van der Waals surface area contributed by atoms with Crippen molar-refractivity contribution < 1.29 is 42.3 Å². The van der Waals surface area contributed by atoms with Crippen molar-refractivity contribution in [2.75, 3.05) is 47.4 Å². The first-order chi connectivity index (χ1) is 31.9. The Kier molecular flexibility index (Phi) is 17.3. The maximum atomic E-state index is 13.6. The zero-order chi connectivity index (χ0) is 46.7. The zero-order valence-corrected chi connectivity index (χ0v) is 38.9. The van der Waals surface area contributed by atoms with E-state index in [0.29, 0.717) is 66.2 Å².